The molecule has 23 heavy (non-hydrogen) atoms. The van der Waals surface area contributed by atoms with Crippen LogP contribution in [0, 0.1) is 12.8 Å². The third-order valence-electron chi connectivity index (χ3n) is 4.53. The van der Waals surface area contributed by atoms with Gasteiger partial charge in [-0.2, -0.15) is 11.3 Å². The lowest BCUT2D eigenvalue weighted by Gasteiger charge is -2.34. The molecule has 5 nitrogen and oxygen atoms in total. The van der Waals surface area contributed by atoms with Crippen molar-refractivity contribution in [2.24, 2.45) is 11.7 Å². The van der Waals surface area contributed by atoms with Crippen LogP contribution in [0.3, 0.4) is 0 Å². The van der Waals surface area contributed by atoms with E-state index in [1.807, 2.05) is 35.6 Å². The van der Waals surface area contributed by atoms with Gasteiger partial charge in [0.1, 0.15) is 5.76 Å². The lowest BCUT2D eigenvalue weighted by Crippen LogP contribution is -2.45. The molecule has 0 aromatic carbocycles. The van der Waals surface area contributed by atoms with Crippen LogP contribution in [-0.4, -0.2) is 34.9 Å². The van der Waals surface area contributed by atoms with Gasteiger partial charge in [0.05, 0.1) is 12.1 Å². The van der Waals surface area contributed by atoms with E-state index < -0.39 is 0 Å². The number of aromatic nitrogens is 1. The van der Waals surface area contributed by atoms with Crippen LogP contribution in [0.1, 0.15) is 31.2 Å². The van der Waals surface area contributed by atoms with Crippen LogP contribution in [-0.2, 0) is 11.2 Å². The monoisotopic (exact) mass is 333 g/mol. The molecular weight excluding hydrogens is 310 g/mol. The first-order chi connectivity index (χ1) is 11.0. The van der Waals surface area contributed by atoms with E-state index >= 15 is 0 Å². The highest BCUT2D eigenvalue weighted by atomic mass is 32.1. The second kappa shape index (κ2) is 6.84. The van der Waals surface area contributed by atoms with Gasteiger partial charge >= 0.3 is 0 Å². The predicted molar refractivity (Wildman–Crippen MR) is 91.2 cm³/mol. The Kier molecular flexibility index (Phi) is 4.82. The number of rotatable bonds is 4. The Morgan fingerprint density at radius 1 is 1.61 bits per heavy atom. The Hall–Kier alpha value is -1.66. The molecule has 1 fully saturated rings. The first-order valence-corrected chi connectivity index (χ1v) is 9.01. The number of piperidine rings is 1. The molecule has 1 saturated heterocycles. The predicted octanol–water partition coefficient (Wildman–Crippen LogP) is 2.84. The molecule has 1 aliphatic heterocycles. The summed E-state index contributed by atoms with van der Waals surface area (Å²) in [7, 11) is 0. The molecule has 3 heterocycles. The van der Waals surface area contributed by atoms with E-state index in [0.29, 0.717) is 18.2 Å². The second-order valence-electron chi connectivity index (χ2n) is 6.31. The summed E-state index contributed by atoms with van der Waals surface area (Å²) in [5.41, 5.74) is 7.70. The lowest BCUT2D eigenvalue weighted by molar-refractivity contribution is -0.132. The summed E-state index contributed by atoms with van der Waals surface area (Å²) >= 11 is 1.60. The first-order valence-electron chi connectivity index (χ1n) is 8.07. The van der Waals surface area contributed by atoms with E-state index in [0.717, 1.165) is 42.9 Å². The highest BCUT2D eigenvalue weighted by Crippen LogP contribution is 2.25. The van der Waals surface area contributed by atoms with Gasteiger partial charge in [0.2, 0.25) is 11.8 Å². The number of oxazole rings is 1. The zero-order valence-corrected chi connectivity index (χ0v) is 14.4. The molecule has 6 heteroatoms. The minimum Gasteiger partial charge on any atom is -0.441 e. The molecule has 2 N–H and O–H groups in total. The van der Waals surface area contributed by atoms with Crippen molar-refractivity contribution in [1.82, 2.24) is 9.88 Å². The number of aryl methyl sites for hydroxylation is 1. The Morgan fingerprint density at radius 3 is 3.13 bits per heavy atom. The minimum atomic E-state index is 0.114. The quantitative estimate of drug-likeness (QED) is 0.934. The molecule has 0 spiro atoms. The zero-order chi connectivity index (χ0) is 16.4. The van der Waals surface area contributed by atoms with Crippen LogP contribution < -0.4 is 5.73 Å². The normalized spacial score (nSPS) is 19.8. The van der Waals surface area contributed by atoms with Crippen molar-refractivity contribution in [3.8, 4) is 11.5 Å². The highest BCUT2D eigenvalue weighted by molar-refractivity contribution is 7.08. The molecule has 2 atom stereocenters. The molecule has 2 unspecified atom stereocenters. The Morgan fingerprint density at radius 2 is 2.43 bits per heavy atom. The van der Waals surface area contributed by atoms with E-state index in [-0.39, 0.29) is 11.9 Å². The van der Waals surface area contributed by atoms with Crippen molar-refractivity contribution in [2.75, 3.05) is 13.1 Å². The van der Waals surface area contributed by atoms with E-state index in [4.69, 9.17) is 10.2 Å². The molecule has 0 radical (unpaired) electrons. The van der Waals surface area contributed by atoms with Crippen LogP contribution in [0.25, 0.3) is 11.5 Å². The average molecular weight is 333 g/mol. The largest absolute Gasteiger partial charge is 0.441 e. The molecule has 3 rings (SSSR count). The summed E-state index contributed by atoms with van der Waals surface area (Å²) in [6, 6.07) is 2.10. The maximum absolute atomic E-state index is 12.6. The summed E-state index contributed by atoms with van der Waals surface area (Å²) in [5, 5.41) is 3.98. The third-order valence-corrected chi connectivity index (χ3v) is 5.22. The summed E-state index contributed by atoms with van der Waals surface area (Å²) in [6.07, 6.45) is 2.42. The first kappa shape index (κ1) is 16.2. The number of hydrogen-bond acceptors (Lipinski definition) is 5. The van der Waals surface area contributed by atoms with Crippen molar-refractivity contribution < 1.29 is 9.21 Å². The topological polar surface area (TPSA) is 72.4 Å². The molecule has 1 amide bonds. The van der Waals surface area contributed by atoms with E-state index in [2.05, 4.69) is 4.98 Å². The maximum Gasteiger partial charge on any atom is 0.228 e. The number of amides is 1. The fraction of sp³-hybridized carbons (Fsp3) is 0.529. The van der Waals surface area contributed by atoms with Crippen LogP contribution in [0.5, 0.6) is 0 Å². The van der Waals surface area contributed by atoms with Crippen molar-refractivity contribution >= 4 is 17.2 Å². The number of likely N-dealkylation sites (tertiary alicyclic amines) is 1. The van der Waals surface area contributed by atoms with Crippen molar-refractivity contribution in [3.05, 3.63) is 28.3 Å². The minimum absolute atomic E-state index is 0.114. The van der Waals surface area contributed by atoms with E-state index in [9.17, 15) is 4.79 Å². The highest BCUT2D eigenvalue weighted by Gasteiger charge is 2.27. The number of carbonyl (C=O) groups is 1. The smallest absolute Gasteiger partial charge is 0.228 e. The van der Waals surface area contributed by atoms with Crippen molar-refractivity contribution in [2.45, 2.75) is 39.2 Å². The summed E-state index contributed by atoms with van der Waals surface area (Å²) in [6.45, 7) is 5.46. The summed E-state index contributed by atoms with van der Waals surface area (Å²) < 4.78 is 5.71. The van der Waals surface area contributed by atoms with E-state index in [1.165, 1.54) is 0 Å². The molecule has 0 bridgehead atoms. The van der Waals surface area contributed by atoms with Gasteiger partial charge in [-0.1, -0.05) is 0 Å². The van der Waals surface area contributed by atoms with Gasteiger partial charge < -0.3 is 15.1 Å². The van der Waals surface area contributed by atoms with Gasteiger partial charge in [0.15, 0.2) is 0 Å². The fourth-order valence-electron chi connectivity index (χ4n) is 3.02. The molecule has 0 saturated carbocycles. The zero-order valence-electron chi connectivity index (χ0n) is 13.6. The van der Waals surface area contributed by atoms with Crippen LogP contribution >= 0.6 is 11.3 Å². The maximum atomic E-state index is 12.6. The van der Waals surface area contributed by atoms with Gasteiger partial charge in [-0.3, -0.25) is 4.79 Å². The number of hydrogen-bond donors (Lipinski definition) is 1. The van der Waals surface area contributed by atoms with Crippen LogP contribution in [0.4, 0.5) is 0 Å². The molecule has 2 aromatic rings. The number of nitrogens with zero attached hydrogens (tertiary/aromatic N) is 2. The molecule has 0 aliphatic carbocycles. The van der Waals surface area contributed by atoms with Gasteiger partial charge in [0.25, 0.3) is 0 Å². The number of nitrogens with two attached hydrogens (primary N) is 1. The molecule has 2 aromatic heterocycles. The van der Waals surface area contributed by atoms with Gasteiger partial charge in [0, 0.05) is 30.1 Å². The van der Waals surface area contributed by atoms with Gasteiger partial charge in [-0.25, -0.2) is 4.98 Å². The molecular formula is C17H23N3O2S. The Labute approximate surface area is 140 Å². The molecule has 1 aliphatic rings. The second-order valence-corrected chi connectivity index (χ2v) is 7.09. The SMILES string of the molecule is Cc1oc(-c2ccsc2)nc1CC(=O)N1CCCC(C(C)N)C1. The van der Waals surface area contributed by atoms with Crippen LogP contribution in [0.15, 0.2) is 21.2 Å². The van der Waals surface area contributed by atoms with E-state index in [1.54, 1.807) is 11.3 Å². The third kappa shape index (κ3) is 3.64. The van der Waals surface area contributed by atoms with Gasteiger partial charge in [-0.05, 0) is 44.1 Å². The summed E-state index contributed by atoms with van der Waals surface area (Å²) in [5.74, 6) is 1.83. The van der Waals surface area contributed by atoms with Crippen molar-refractivity contribution in [1.29, 1.82) is 0 Å². The van der Waals surface area contributed by atoms with Gasteiger partial charge in [-0.15, -0.1) is 0 Å². The lowest BCUT2D eigenvalue weighted by atomic mass is 9.92. The number of carbonyl (C=O) groups excluding carboxylic acids is 1. The van der Waals surface area contributed by atoms with Crippen molar-refractivity contribution in [3.63, 3.8) is 0 Å². The van der Waals surface area contributed by atoms with Crippen LogP contribution in [0.2, 0.25) is 0 Å². The molecule has 124 valence electrons. The Balaban J connectivity index is 1.68. The fourth-order valence-corrected chi connectivity index (χ4v) is 3.65. The number of thiophene rings is 1. The average Bonchev–Trinajstić information content (AvgIpc) is 3.18. The standard InChI is InChI=1S/C17H23N3O2S/c1-11(18)13-4-3-6-20(9-13)16(21)8-15-12(2)22-17(19-15)14-5-7-23-10-14/h5,7,10-11,13H,3-4,6,8-9,18H2,1-2H3. The Bertz CT molecular complexity index is 663. The summed E-state index contributed by atoms with van der Waals surface area (Å²) in [4.78, 5) is 19.0.